The van der Waals surface area contributed by atoms with Crippen molar-refractivity contribution in [3.8, 4) is 0 Å². The second-order valence-electron chi connectivity index (χ2n) is 4.43. The molecule has 0 aliphatic carbocycles. The zero-order chi connectivity index (χ0) is 15.3. The molecule has 7 nitrogen and oxygen atoms in total. The lowest BCUT2D eigenvalue weighted by Gasteiger charge is -2.24. The first-order valence-electron chi connectivity index (χ1n) is 6.09. The molecular weight excluding hydrogens is 262 g/mol. The van der Waals surface area contributed by atoms with Crippen LogP contribution in [0.4, 0.5) is 11.4 Å². The summed E-state index contributed by atoms with van der Waals surface area (Å²) in [6.45, 7) is 2.30. The Bertz CT molecular complexity index is 528. The first kappa shape index (κ1) is 15.6. The number of nitro groups is 1. The van der Waals surface area contributed by atoms with Gasteiger partial charge >= 0.3 is 0 Å². The average Bonchev–Trinajstić information content (AvgIpc) is 2.43. The van der Waals surface area contributed by atoms with Crippen molar-refractivity contribution >= 4 is 23.6 Å². The molecule has 1 aromatic carbocycles. The highest BCUT2D eigenvalue weighted by atomic mass is 16.6. The summed E-state index contributed by atoms with van der Waals surface area (Å²) >= 11 is 0. The highest BCUT2D eigenvalue weighted by Gasteiger charge is 2.21. The van der Waals surface area contributed by atoms with Crippen LogP contribution in [0.15, 0.2) is 18.2 Å². The van der Waals surface area contributed by atoms with Gasteiger partial charge in [0.2, 0.25) is 5.91 Å². The summed E-state index contributed by atoms with van der Waals surface area (Å²) in [6.07, 6.45) is 0.554. The standard InChI is InChI=1S/C13H17N3O4/c1-4-15(8-13(18)14(2)3)11-6-5-10(9-17)7-12(11)16(19)20/h5-7,9H,4,8H2,1-3H3. The van der Waals surface area contributed by atoms with Gasteiger partial charge < -0.3 is 9.80 Å². The molecule has 0 saturated carbocycles. The summed E-state index contributed by atoms with van der Waals surface area (Å²) in [6, 6.07) is 4.21. The van der Waals surface area contributed by atoms with E-state index in [1.165, 1.54) is 23.1 Å². The maximum absolute atomic E-state index is 11.7. The molecule has 1 aromatic rings. The van der Waals surface area contributed by atoms with Crippen LogP contribution in [0.1, 0.15) is 17.3 Å². The molecule has 0 saturated heterocycles. The molecule has 0 aromatic heterocycles. The van der Waals surface area contributed by atoms with E-state index in [1.54, 1.807) is 25.9 Å². The number of likely N-dealkylation sites (N-methyl/N-ethyl adjacent to an activating group) is 2. The first-order chi connectivity index (χ1) is 9.40. The summed E-state index contributed by atoms with van der Waals surface area (Å²) in [4.78, 5) is 36.0. The van der Waals surface area contributed by atoms with E-state index in [0.29, 0.717) is 18.5 Å². The number of hydrogen-bond donors (Lipinski definition) is 0. The van der Waals surface area contributed by atoms with Crippen molar-refractivity contribution in [1.82, 2.24) is 4.90 Å². The molecule has 0 aliphatic rings. The minimum atomic E-state index is -0.550. The van der Waals surface area contributed by atoms with E-state index in [1.807, 2.05) is 0 Å². The van der Waals surface area contributed by atoms with E-state index in [9.17, 15) is 19.7 Å². The number of anilines is 1. The van der Waals surface area contributed by atoms with Crippen LogP contribution in [0.2, 0.25) is 0 Å². The van der Waals surface area contributed by atoms with Gasteiger partial charge in [0.15, 0.2) is 0 Å². The minimum absolute atomic E-state index is 0.0464. The molecule has 20 heavy (non-hydrogen) atoms. The van der Waals surface area contributed by atoms with Crippen LogP contribution in [-0.2, 0) is 4.79 Å². The Kier molecular flexibility index (Phi) is 5.19. The third kappa shape index (κ3) is 3.53. The number of amides is 1. The fraction of sp³-hybridized carbons (Fsp3) is 0.385. The number of rotatable bonds is 6. The summed E-state index contributed by atoms with van der Waals surface area (Å²) in [5.74, 6) is -0.152. The van der Waals surface area contributed by atoms with Crippen LogP contribution in [0.5, 0.6) is 0 Å². The van der Waals surface area contributed by atoms with Crippen molar-refractivity contribution in [2.24, 2.45) is 0 Å². The molecule has 0 aliphatic heterocycles. The Hall–Kier alpha value is -2.44. The van der Waals surface area contributed by atoms with Crippen molar-refractivity contribution in [2.45, 2.75) is 6.92 Å². The summed E-state index contributed by atoms with van der Waals surface area (Å²) in [5.41, 5.74) is 0.386. The number of aldehydes is 1. The van der Waals surface area contributed by atoms with Crippen molar-refractivity contribution in [3.05, 3.63) is 33.9 Å². The van der Waals surface area contributed by atoms with Crippen molar-refractivity contribution in [1.29, 1.82) is 0 Å². The summed E-state index contributed by atoms with van der Waals surface area (Å²) in [7, 11) is 3.25. The van der Waals surface area contributed by atoms with Crippen molar-refractivity contribution in [3.63, 3.8) is 0 Å². The zero-order valence-corrected chi connectivity index (χ0v) is 11.7. The Labute approximate surface area is 116 Å². The zero-order valence-electron chi connectivity index (χ0n) is 11.7. The molecule has 0 bridgehead atoms. The van der Waals surface area contributed by atoms with Gasteiger partial charge in [-0.05, 0) is 19.1 Å². The van der Waals surface area contributed by atoms with Crippen molar-refractivity contribution in [2.75, 3.05) is 32.1 Å². The SMILES string of the molecule is CCN(CC(=O)N(C)C)c1ccc(C=O)cc1[N+](=O)[O-]. The van der Waals surface area contributed by atoms with Gasteiger partial charge in [0.25, 0.3) is 5.69 Å². The molecule has 7 heteroatoms. The lowest BCUT2D eigenvalue weighted by molar-refractivity contribution is -0.384. The fourth-order valence-corrected chi connectivity index (χ4v) is 1.70. The third-order valence-electron chi connectivity index (χ3n) is 2.88. The van der Waals surface area contributed by atoms with Crippen LogP contribution in [-0.4, -0.2) is 49.2 Å². The fourth-order valence-electron chi connectivity index (χ4n) is 1.70. The monoisotopic (exact) mass is 279 g/mol. The summed E-state index contributed by atoms with van der Waals surface area (Å²) in [5, 5.41) is 11.1. The number of nitro benzene ring substituents is 1. The number of nitrogens with zero attached hydrogens (tertiary/aromatic N) is 3. The van der Waals surface area contributed by atoms with E-state index in [-0.39, 0.29) is 23.7 Å². The largest absolute Gasteiger partial charge is 0.357 e. The lowest BCUT2D eigenvalue weighted by Crippen LogP contribution is -2.36. The topological polar surface area (TPSA) is 83.8 Å². The van der Waals surface area contributed by atoms with Gasteiger partial charge in [-0.1, -0.05) is 0 Å². The van der Waals surface area contributed by atoms with Gasteiger partial charge in [-0.15, -0.1) is 0 Å². The van der Waals surface area contributed by atoms with Gasteiger partial charge in [0.05, 0.1) is 11.5 Å². The van der Waals surface area contributed by atoms with E-state index in [2.05, 4.69) is 0 Å². The first-order valence-corrected chi connectivity index (χ1v) is 6.09. The van der Waals surface area contributed by atoms with E-state index in [0.717, 1.165) is 0 Å². The molecule has 1 amide bonds. The highest BCUT2D eigenvalue weighted by molar-refractivity contribution is 5.84. The smallest absolute Gasteiger partial charge is 0.293 e. The predicted octanol–water partition coefficient (Wildman–Crippen LogP) is 1.32. The van der Waals surface area contributed by atoms with Crippen LogP contribution in [0.25, 0.3) is 0 Å². The second kappa shape index (κ2) is 6.65. The Balaban J connectivity index is 3.17. The quantitative estimate of drug-likeness (QED) is 0.445. The summed E-state index contributed by atoms with van der Waals surface area (Å²) < 4.78 is 0. The molecule has 0 heterocycles. The van der Waals surface area contributed by atoms with E-state index >= 15 is 0 Å². The van der Waals surface area contributed by atoms with Crippen LogP contribution >= 0.6 is 0 Å². The Morgan fingerprint density at radius 1 is 1.40 bits per heavy atom. The van der Waals surface area contributed by atoms with Crippen LogP contribution in [0.3, 0.4) is 0 Å². The normalized spacial score (nSPS) is 9.95. The molecule has 0 unspecified atom stereocenters. The molecule has 0 radical (unpaired) electrons. The third-order valence-corrected chi connectivity index (χ3v) is 2.88. The van der Waals surface area contributed by atoms with Gasteiger partial charge in [0.1, 0.15) is 12.0 Å². The lowest BCUT2D eigenvalue weighted by atomic mass is 10.1. The van der Waals surface area contributed by atoms with Crippen LogP contribution in [0, 0.1) is 10.1 Å². The molecule has 108 valence electrons. The van der Waals surface area contributed by atoms with Gasteiger partial charge in [-0.3, -0.25) is 19.7 Å². The molecule has 0 spiro atoms. The Morgan fingerprint density at radius 3 is 2.50 bits per heavy atom. The molecule has 0 fully saturated rings. The van der Waals surface area contributed by atoms with Crippen LogP contribution < -0.4 is 4.90 Å². The maximum Gasteiger partial charge on any atom is 0.293 e. The molecule has 0 atom stereocenters. The number of carbonyl (C=O) groups excluding carboxylic acids is 2. The second-order valence-corrected chi connectivity index (χ2v) is 4.43. The molecule has 1 rings (SSSR count). The van der Waals surface area contributed by atoms with E-state index < -0.39 is 4.92 Å². The number of carbonyl (C=O) groups is 2. The predicted molar refractivity (Wildman–Crippen MR) is 75.1 cm³/mol. The minimum Gasteiger partial charge on any atom is -0.357 e. The highest BCUT2D eigenvalue weighted by Crippen LogP contribution is 2.28. The Morgan fingerprint density at radius 2 is 2.05 bits per heavy atom. The molecular formula is C13H17N3O4. The number of hydrogen-bond acceptors (Lipinski definition) is 5. The van der Waals surface area contributed by atoms with Gasteiger partial charge in [-0.2, -0.15) is 0 Å². The number of benzene rings is 1. The van der Waals surface area contributed by atoms with Gasteiger partial charge in [0, 0.05) is 32.3 Å². The van der Waals surface area contributed by atoms with Gasteiger partial charge in [-0.25, -0.2) is 0 Å². The van der Waals surface area contributed by atoms with Crippen molar-refractivity contribution < 1.29 is 14.5 Å². The van der Waals surface area contributed by atoms with E-state index in [4.69, 9.17) is 0 Å². The molecule has 0 N–H and O–H groups in total. The maximum atomic E-state index is 11.7. The average molecular weight is 279 g/mol.